The topological polar surface area (TPSA) is 98.5 Å². The fourth-order valence-electron chi connectivity index (χ4n) is 3.02. The number of pyridine rings is 1. The van der Waals surface area contributed by atoms with Crippen LogP contribution in [0.1, 0.15) is 11.1 Å². The van der Waals surface area contributed by atoms with Gasteiger partial charge in [-0.25, -0.2) is 4.98 Å². The van der Waals surface area contributed by atoms with E-state index in [0.29, 0.717) is 23.0 Å². The lowest BCUT2D eigenvalue weighted by molar-refractivity contribution is -0.384. The summed E-state index contributed by atoms with van der Waals surface area (Å²) in [7, 11) is 1.59. The number of aromatic nitrogens is 2. The molecule has 4 aromatic rings. The molecule has 0 bridgehead atoms. The van der Waals surface area contributed by atoms with Crippen LogP contribution in [0.15, 0.2) is 73.1 Å². The van der Waals surface area contributed by atoms with Gasteiger partial charge < -0.3 is 4.74 Å². The molecule has 0 atom stereocenters. The van der Waals surface area contributed by atoms with E-state index in [2.05, 4.69) is 9.97 Å². The van der Waals surface area contributed by atoms with Gasteiger partial charge in [0.1, 0.15) is 5.75 Å². The van der Waals surface area contributed by atoms with Crippen molar-refractivity contribution in [3.63, 3.8) is 0 Å². The van der Waals surface area contributed by atoms with Crippen LogP contribution >= 0.6 is 11.3 Å². The quantitative estimate of drug-likeness (QED) is 0.229. The molecular weight excluding hydrogens is 428 g/mol. The molecule has 0 aliphatic heterocycles. The molecule has 2 aromatic heterocycles. The largest absolute Gasteiger partial charge is 0.497 e. The number of ether oxygens (including phenoxy) is 1. The van der Waals surface area contributed by atoms with E-state index in [1.54, 1.807) is 42.6 Å². The van der Waals surface area contributed by atoms with Gasteiger partial charge in [0.25, 0.3) is 11.6 Å². The van der Waals surface area contributed by atoms with E-state index in [9.17, 15) is 14.9 Å². The van der Waals surface area contributed by atoms with Gasteiger partial charge >= 0.3 is 0 Å². The maximum absolute atomic E-state index is 13.1. The number of nitrogens with zero attached hydrogens (tertiary/aromatic N) is 4. The van der Waals surface area contributed by atoms with Crippen molar-refractivity contribution in [2.45, 2.75) is 6.54 Å². The van der Waals surface area contributed by atoms with E-state index < -0.39 is 4.92 Å². The zero-order valence-electron chi connectivity index (χ0n) is 17.0. The molecule has 0 radical (unpaired) electrons. The number of thiazole rings is 1. The van der Waals surface area contributed by atoms with Crippen LogP contribution in [-0.4, -0.2) is 27.9 Å². The summed E-state index contributed by atoms with van der Waals surface area (Å²) in [6.45, 7) is 0.300. The number of nitro groups is 1. The molecule has 0 spiro atoms. The first-order valence-electron chi connectivity index (χ1n) is 9.61. The van der Waals surface area contributed by atoms with Gasteiger partial charge in [-0.05, 0) is 47.5 Å². The monoisotopic (exact) mass is 446 g/mol. The van der Waals surface area contributed by atoms with Gasteiger partial charge in [-0.2, -0.15) is 0 Å². The minimum absolute atomic E-state index is 0.00316. The van der Waals surface area contributed by atoms with Crippen LogP contribution < -0.4 is 9.64 Å². The van der Waals surface area contributed by atoms with E-state index in [0.717, 1.165) is 15.8 Å². The second-order valence-electron chi connectivity index (χ2n) is 6.80. The second-order valence-corrected chi connectivity index (χ2v) is 7.81. The SMILES string of the molecule is COc1ccc2sc(N(Cc3cccnc3)C(=O)C=Cc3ccc([N+](=O)[O-])cc3)nc2c1. The smallest absolute Gasteiger partial charge is 0.269 e. The number of benzene rings is 2. The van der Waals surface area contributed by atoms with Crippen LogP contribution in [0.3, 0.4) is 0 Å². The minimum Gasteiger partial charge on any atom is -0.497 e. The lowest BCUT2D eigenvalue weighted by Gasteiger charge is -2.18. The van der Waals surface area contributed by atoms with E-state index in [1.165, 1.54) is 29.5 Å². The van der Waals surface area contributed by atoms with Gasteiger partial charge in [-0.3, -0.25) is 24.8 Å². The molecule has 0 aliphatic carbocycles. The standard InChI is InChI=1S/C23H18N4O4S/c1-31-19-9-10-21-20(13-19)25-23(32-21)26(15-17-3-2-12-24-14-17)22(28)11-6-16-4-7-18(8-5-16)27(29)30/h2-14H,15H2,1H3. The van der Waals surface area contributed by atoms with E-state index in [4.69, 9.17) is 4.74 Å². The summed E-state index contributed by atoms with van der Waals surface area (Å²) >= 11 is 1.41. The molecule has 0 saturated heterocycles. The van der Waals surface area contributed by atoms with Crippen molar-refractivity contribution in [2.75, 3.05) is 12.0 Å². The van der Waals surface area contributed by atoms with Crippen molar-refractivity contribution in [2.24, 2.45) is 0 Å². The highest BCUT2D eigenvalue weighted by Gasteiger charge is 2.19. The second kappa shape index (κ2) is 9.36. The molecule has 2 aromatic carbocycles. The molecule has 0 saturated carbocycles. The fraction of sp³-hybridized carbons (Fsp3) is 0.0870. The predicted octanol–water partition coefficient (Wildman–Crippen LogP) is 4.85. The zero-order chi connectivity index (χ0) is 22.5. The Balaban J connectivity index is 1.64. The number of fused-ring (bicyclic) bond motifs is 1. The lowest BCUT2D eigenvalue weighted by atomic mass is 10.2. The Bertz CT molecular complexity index is 1290. The third-order valence-corrected chi connectivity index (χ3v) is 5.73. The van der Waals surface area contributed by atoms with Crippen LogP contribution in [-0.2, 0) is 11.3 Å². The van der Waals surface area contributed by atoms with Crippen LogP contribution in [0.5, 0.6) is 5.75 Å². The molecule has 1 amide bonds. The maximum atomic E-state index is 13.1. The average molecular weight is 446 g/mol. The van der Waals surface area contributed by atoms with Crippen LogP contribution in [0.4, 0.5) is 10.8 Å². The third kappa shape index (κ3) is 4.79. The summed E-state index contributed by atoms with van der Waals surface area (Å²) in [4.78, 5) is 33.9. The lowest BCUT2D eigenvalue weighted by Crippen LogP contribution is -2.28. The Hall–Kier alpha value is -4.11. The summed E-state index contributed by atoms with van der Waals surface area (Å²) in [5.74, 6) is 0.427. The first-order chi connectivity index (χ1) is 15.5. The summed E-state index contributed by atoms with van der Waals surface area (Å²) in [6.07, 6.45) is 6.44. The van der Waals surface area contributed by atoms with Crippen molar-refractivity contribution in [1.82, 2.24) is 9.97 Å². The number of non-ortho nitro benzene ring substituents is 1. The van der Waals surface area contributed by atoms with Gasteiger partial charge in [0.2, 0.25) is 0 Å². The zero-order valence-corrected chi connectivity index (χ0v) is 17.9. The summed E-state index contributed by atoms with van der Waals surface area (Å²) in [5, 5.41) is 11.4. The third-order valence-electron chi connectivity index (χ3n) is 4.67. The van der Waals surface area contributed by atoms with Crippen molar-refractivity contribution in [3.05, 3.63) is 94.3 Å². The molecule has 9 heteroatoms. The number of nitro benzene ring substituents is 1. The number of anilines is 1. The molecule has 0 aliphatic rings. The van der Waals surface area contributed by atoms with Crippen molar-refractivity contribution in [1.29, 1.82) is 0 Å². The highest BCUT2D eigenvalue weighted by molar-refractivity contribution is 7.22. The Morgan fingerprint density at radius 2 is 2.03 bits per heavy atom. The van der Waals surface area contributed by atoms with Gasteiger partial charge in [0.15, 0.2) is 5.13 Å². The molecule has 0 N–H and O–H groups in total. The Kier molecular flexibility index (Phi) is 6.18. The van der Waals surface area contributed by atoms with Crippen LogP contribution in [0, 0.1) is 10.1 Å². The number of rotatable bonds is 7. The van der Waals surface area contributed by atoms with Gasteiger partial charge in [0, 0.05) is 36.7 Å². The number of amides is 1. The van der Waals surface area contributed by atoms with Gasteiger partial charge in [-0.15, -0.1) is 0 Å². The molecule has 160 valence electrons. The normalized spacial score (nSPS) is 11.0. The number of hydrogen-bond donors (Lipinski definition) is 0. The maximum Gasteiger partial charge on any atom is 0.269 e. The molecule has 0 fully saturated rings. The number of methoxy groups -OCH3 is 1. The van der Waals surface area contributed by atoms with Gasteiger partial charge in [0.05, 0.1) is 28.8 Å². The highest BCUT2D eigenvalue weighted by Crippen LogP contribution is 2.32. The fourth-order valence-corrected chi connectivity index (χ4v) is 3.97. The molecule has 0 unspecified atom stereocenters. The number of hydrogen-bond acceptors (Lipinski definition) is 7. The molecule has 32 heavy (non-hydrogen) atoms. The molecule has 4 rings (SSSR count). The number of carbonyl (C=O) groups is 1. The van der Waals surface area contributed by atoms with Crippen molar-refractivity contribution < 1.29 is 14.5 Å². The highest BCUT2D eigenvalue weighted by atomic mass is 32.1. The minimum atomic E-state index is -0.462. The predicted molar refractivity (Wildman–Crippen MR) is 124 cm³/mol. The van der Waals surface area contributed by atoms with Crippen LogP contribution in [0.25, 0.3) is 16.3 Å². The first-order valence-corrected chi connectivity index (χ1v) is 10.4. The summed E-state index contributed by atoms with van der Waals surface area (Å²) in [5.41, 5.74) is 2.28. The summed E-state index contributed by atoms with van der Waals surface area (Å²) < 4.78 is 6.20. The van der Waals surface area contributed by atoms with E-state index in [-0.39, 0.29) is 11.6 Å². The van der Waals surface area contributed by atoms with E-state index in [1.807, 2.05) is 30.3 Å². The number of carbonyl (C=O) groups excluding carboxylic acids is 1. The Morgan fingerprint density at radius 3 is 2.72 bits per heavy atom. The first kappa shape index (κ1) is 21.1. The Labute approximate surface area is 187 Å². The summed E-state index contributed by atoms with van der Waals surface area (Å²) in [6, 6.07) is 15.3. The van der Waals surface area contributed by atoms with Gasteiger partial charge in [-0.1, -0.05) is 17.4 Å². The molecule has 2 heterocycles. The van der Waals surface area contributed by atoms with Crippen molar-refractivity contribution >= 4 is 44.4 Å². The average Bonchev–Trinajstić information content (AvgIpc) is 3.24. The van der Waals surface area contributed by atoms with Crippen LogP contribution in [0.2, 0.25) is 0 Å². The molecule has 8 nitrogen and oxygen atoms in total. The van der Waals surface area contributed by atoms with E-state index >= 15 is 0 Å². The van der Waals surface area contributed by atoms with Crippen molar-refractivity contribution in [3.8, 4) is 5.75 Å². The molecular formula is C23H18N4O4S. The Morgan fingerprint density at radius 1 is 1.22 bits per heavy atom.